The van der Waals surface area contributed by atoms with Crippen molar-refractivity contribution in [3.63, 3.8) is 0 Å². The van der Waals surface area contributed by atoms with E-state index in [-0.39, 0.29) is 23.0 Å². The summed E-state index contributed by atoms with van der Waals surface area (Å²) in [4.78, 5) is 28.5. The molecule has 8 nitrogen and oxygen atoms in total. The molecule has 0 aliphatic carbocycles. The average molecular weight is 538 g/mol. The van der Waals surface area contributed by atoms with Crippen molar-refractivity contribution in [3.05, 3.63) is 90.5 Å². The lowest BCUT2D eigenvalue weighted by molar-refractivity contribution is -0.140. The fourth-order valence-electron chi connectivity index (χ4n) is 4.08. The maximum absolute atomic E-state index is 14.0. The Morgan fingerprint density at radius 2 is 1.58 bits per heavy atom. The summed E-state index contributed by atoms with van der Waals surface area (Å²) in [6.45, 7) is 3.95. The van der Waals surface area contributed by atoms with Gasteiger partial charge in [-0.1, -0.05) is 68.4 Å². The highest BCUT2D eigenvalue weighted by Crippen LogP contribution is 2.27. The summed E-state index contributed by atoms with van der Waals surface area (Å²) in [6, 6.07) is 23.1. The van der Waals surface area contributed by atoms with Gasteiger partial charge in [-0.3, -0.25) is 13.9 Å². The van der Waals surface area contributed by atoms with Gasteiger partial charge in [0.1, 0.15) is 18.3 Å². The van der Waals surface area contributed by atoms with Crippen molar-refractivity contribution >= 4 is 27.5 Å². The molecule has 202 valence electrons. The van der Waals surface area contributed by atoms with E-state index in [1.165, 1.54) is 24.1 Å². The van der Waals surface area contributed by atoms with Crippen molar-refractivity contribution in [2.24, 2.45) is 0 Å². The summed E-state index contributed by atoms with van der Waals surface area (Å²) in [7, 11) is -2.63. The Morgan fingerprint density at radius 3 is 2.18 bits per heavy atom. The zero-order valence-electron chi connectivity index (χ0n) is 22.0. The number of methoxy groups -OCH3 is 1. The molecular weight excluding hydrogens is 502 g/mol. The lowest BCUT2D eigenvalue weighted by Gasteiger charge is -2.33. The predicted octanol–water partition coefficient (Wildman–Crippen LogP) is 4.22. The molecule has 38 heavy (non-hydrogen) atoms. The number of nitrogens with zero attached hydrogens (tertiary/aromatic N) is 2. The first-order chi connectivity index (χ1) is 18.3. The standard InChI is InChI=1S/C29H35N3O5S/c1-4-19-30-29(34)27(5-2)31(21-23-13-8-6-9-14-23)28(33)22-32(24-15-12-16-25(20-24)37-3)38(35,36)26-17-10-7-11-18-26/h6-18,20,27H,4-5,19,21-22H2,1-3H3,(H,30,34)/t27-/m0/s1. The minimum Gasteiger partial charge on any atom is -0.497 e. The molecule has 3 aromatic rings. The Hall–Kier alpha value is -3.85. The number of hydrogen-bond acceptors (Lipinski definition) is 5. The van der Waals surface area contributed by atoms with Crippen LogP contribution in [0.1, 0.15) is 32.3 Å². The van der Waals surface area contributed by atoms with Crippen LogP contribution in [-0.4, -0.2) is 51.4 Å². The van der Waals surface area contributed by atoms with Gasteiger partial charge in [-0.05, 0) is 42.7 Å². The monoisotopic (exact) mass is 537 g/mol. The van der Waals surface area contributed by atoms with Crippen LogP contribution in [0, 0.1) is 0 Å². The van der Waals surface area contributed by atoms with Crippen molar-refractivity contribution in [2.45, 2.75) is 44.2 Å². The quantitative estimate of drug-likeness (QED) is 0.352. The smallest absolute Gasteiger partial charge is 0.264 e. The molecule has 1 atom stereocenters. The van der Waals surface area contributed by atoms with Crippen molar-refractivity contribution in [1.82, 2.24) is 10.2 Å². The summed E-state index contributed by atoms with van der Waals surface area (Å²) in [6.07, 6.45) is 1.13. The van der Waals surface area contributed by atoms with Crippen LogP contribution in [0.15, 0.2) is 89.8 Å². The highest BCUT2D eigenvalue weighted by molar-refractivity contribution is 7.92. The lowest BCUT2D eigenvalue weighted by atomic mass is 10.1. The third kappa shape index (κ3) is 7.13. The lowest BCUT2D eigenvalue weighted by Crippen LogP contribution is -2.52. The molecule has 0 saturated heterocycles. The molecule has 9 heteroatoms. The van der Waals surface area contributed by atoms with Crippen LogP contribution >= 0.6 is 0 Å². The van der Waals surface area contributed by atoms with Crippen molar-refractivity contribution in [1.29, 1.82) is 0 Å². The largest absolute Gasteiger partial charge is 0.497 e. The molecule has 0 saturated carbocycles. The Labute approximate surface area is 225 Å². The molecule has 0 aliphatic rings. The Morgan fingerprint density at radius 1 is 0.921 bits per heavy atom. The van der Waals surface area contributed by atoms with E-state index in [0.717, 1.165) is 16.3 Å². The topological polar surface area (TPSA) is 96.0 Å². The molecule has 2 amide bonds. The second-order valence-corrected chi connectivity index (χ2v) is 10.6. The average Bonchev–Trinajstić information content (AvgIpc) is 2.95. The van der Waals surface area contributed by atoms with Crippen LogP contribution in [-0.2, 0) is 26.2 Å². The molecular formula is C29H35N3O5S. The van der Waals surface area contributed by atoms with Gasteiger partial charge in [0.25, 0.3) is 10.0 Å². The van der Waals surface area contributed by atoms with E-state index in [1.54, 1.807) is 42.5 Å². The van der Waals surface area contributed by atoms with E-state index in [9.17, 15) is 18.0 Å². The van der Waals surface area contributed by atoms with Crippen LogP contribution in [0.4, 0.5) is 5.69 Å². The molecule has 0 spiro atoms. The van der Waals surface area contributed by atoms with E-state index in [0.29, 0.717) is 18.7 Å². The number of anilines is 1. The Kier molecular flexibility index (Phi) is 10.3. The number of ether oxygens (including phenoxy) is 1. The molecule has 0 radical (unpaired) electrons. The first-order valence-electron chi connectivity index (χ1n) is 12.6. The number of sulfonamides is 1. The van der Waals surface area contributed by atoms with Gasteiger partial charge in [-0.25, -0.2) is 8.42 Å². The Balaban J connectivity index is 2.04. The second kappa shape index (κ2) is 13.6. The number of amides is 2. The summed E-state index contributed by atoms with van der Waals surface area (Å²) >= 11 is 0. The van der Waals surface area contributed by atoms with Gasteiger partial charge in [-0.15, -0.1) is 0 Å². The fourth-order valence-corrected chi connectivity index (χ4v) is 5.51. The van der Waals surface area contributed by atoms with Gasteiger partial charge in [-0.2, -0.15) is 0 Å². The molecule has 0 aliphatic heterocycles. The van der Waals surface area contributed by atoms with Crippen LogP contribution < -0.4 is 14.4 Å². The summed E-state index contributed by atoms with van der Waals surface area (Å²) in [5.41, 5.74) is 1.12. The van der Waals surface area contributed by atoms with Crippen LogP contribution in [0.25, 0.3) is 0 Å². The third-order valence-corrected chi connectivity index (χ3v) is 7.87. The number of carbonyl (C=O) groups excluding carboxylic acids is 2. The van der Waals surface area contributed by atoms with Gasteiger partial charge in [0, 0.05) is 19.2 Å². The molecule has 0 fully saturated rings. The minimum atomic E-state index is -4.12. The maximum Gasteiger partial charge on any atom is 0.264 e. The first kappa shape index (κ1) is 28.7. The first-order valence-corrected chi connectivity index (χ1v) is 14.1. The van der Waals surface area contributed by atoms with Crippen LogP contribution in [0.5, 0.6) is 5.75 Å². The van der Waals surface area contributed by atoms with Crippen LogP contribution in [0.2, 0.25) is 0 Å². The summed E-state index contributed by atoms with van der Waals surface area (Å²) < 4.78 is 34.0. The zero-order valence-corrected chi connectivity index (χ0v) is 22.9. The van der Waals surface area contributed by atoms with E-state index in [2.05, 4.69) is 5.32 Å². The summed E-state index contributed by atoms with van der Waals surface area (Å²) in [5, 5.41) is 2.88. The molecule has 3 aromatic carbocycles. The SMILES string of the molecule is CCCNC(=O)[C@H](CC)N(Cc1ccccc1)C(=O)CN(c1cccc(OC)c1)S(=O)(=O)c1ccccc1. The number of nitrogens with one attached hydrogen (secondary N) is 1. The highest BCUT2D eigenvalue weighted by Gasteiger charge is 2.33. The molecule has 0 bridgehead atoms. The zero-order chi connectivity index (χ0) is 27.5. The van der Waals surface area contributed by atoms with Gasteiger partial charge in [0.15, 0.2) is 0 Å². The number of benzene rings is 3. The van der Waals surface area contributed by atoms with Gasteiger partial charge >= 0.3 is 0 Å². The minimum absolute atomic E-state index is 0.0537. The Bertz CT molecular complexity index is 1300. The van der Waals surface area contributed by atoms with Gasteiger partial charge < -0.3 is 15.0 Å². The molecule has 1 N–H and O–H groups in total. The molecule has 0 aromatic heterocycles. The molecule has 3 rings (SSSR count). The fraction of sp³-hybridized carbons (Fsp3) is 0.310. The van der Waals surface area contributed by atoms with E-state index in [4.69, 9.17) is 4.74 Å². The van der Waals surface area contributed by atoms with Crippen molar-refractivity contribution in [2.75, 3.05) is 24.5 Å². The third-order valence-electron chi connectivity index (χ3n) is 6.08. The van der Waals surface area contributed by atoms with E-state index < -0.39 is 28.5 Å². The van der Waals surface area contributed by atoms with E-state index >= 15 is 0 Å². The van der Waals surface area contributed by atoms with Crippen molar-refractivity contribution < 1.29 is 22.7 Å². The predicted molar refractivity (Wildman–Crippen MR) is 148 cm³/mol. The molecule has 0 unspecified atom stereocenters. The summed E-state index contributed by atoms with van der Waals surface area (Å²) in [5.74, 6) is -0.304. The number of carbonyl (C=O) groups is 2. The number of hydrogen-bond donors (Lipinski definition) is 1. The number of rotatable bonds is 13. The second-order valence-electron chi connectivity index (χ2n) is 8.75. The van der Waals surface area contributed by atoms with Crippen LogP contribution in [0.3, 0.4) is 0 Å². The highest BCUT2D eigenvalue weighted by atomic mass is 32.2. The molecule has 0 heterocycles. The maximum atomic E-state index is 14.0. The van der Waals surface area contributed by atoms with E-state index in [1.807, 2.05) is 44.2 Å². The van der Waals surface area contributed by atoms with Crippen molar-refractivity contribution in [3.8, 4) is 5.75 Å². The van der Waals surface area contributed by atoms with Gasteiger partial charge in [0.2, 0.25) is 11.8 Å². The normalized spacial score (nSPS) is 11.9. The van der Waals surface area contributed by atoms with Gasteiger partial charge in [0.05, 0.1) is 17.7 Å².